The van der Waals surface area contributed by atoms with Crippen LogP contribution < -0.4 is 4.57 Å². The lowest BCUT2D eigenvalue weighted by Gasteiger charge is -1.90. The first kappa shape index (κ1) is 8.00. The Labute approximate surface area is 86.0 Å². The van der Waals surface area contributed by atoms with E-state index in [2.05, 4.69) is 53.4 Å². The van der Waals surface area contributed by atoms with Crippen LogP contribution in [0, 0.1) is 6.92 Å². The first-order valence-electron chi connectivity index (χ1n) is 4.62. The highest BCUT2D eigenvalue weighted by Gasteiger charge is 2.16. The van der Waals surface area contributed by atoms with E-state index in [0.29, 0.717) is 0 Å². The van der Waals surface area contributed by atoms with Crippen molar-refractivity contribution in [2.75, 3.05) is 0 Å². The molecule has 3 aromatic heterocycles. The minimum Gasteiger partial charge on any atom is -0.303 e. The third kappa shape index (κ3) is 0.876. The summed E-state index contributed by atoms with van der Waals surface area (Å²) in [5.41, 5.74) is 2.59. The number of pyridine rings is 1. The molecule has 0 saturated heterocycles. The molecule has 3 aromatic rings. The van der Waals surface area contributed by atoms with Crippen molar-refractivity contribution in [3.05, 3.63) is 35.5 Å². The minimum atomic E-state index is 1.27. The van der Waals surface area contributed by atoms with Crippen LogP contribution in [0.4, 0.5) is 0 Å². The zero-order chi connectivity index (χ0) is 9.71. The molecule has 0 saturated carbocycles. The van der Waals surface area contributed by atoms with Crippen molar-refractivity contribution in [3.63, 3.8) is 0 Å². The summed E-state index contributed by atoms with van der Waals surface area (Å²) in [5.74, 6) is 0. The monoisotopic (exact) mass is 203 g/mol. The summed E-state index contributed by atoms with van der Waals surface area (Å²) in [4.78, 5) is 1.33. The molecule has 70 valence electrons. The molecule has 3 heterocycles. The quantitative estimate of drug-likeness (QED) is 0.495. The first-order chi connectivity index (χ1) is 6.77. The van der Waals surface area contributed by atoms with Crippen molar-refractivity contribution >= 4 is 27.2 Å². The molecule has 0 aliphatic rings. The Bertz CT molecular complexity index is 619. The third-order valence-electron chi connectivity index (χ3n) is 2.69. The van der Waals surface area contributed by atoms with Crippen molar-refractivity contribution in [2.24, 2.45) is 7.05 Å². The number of aromatic nitrogens is 2. The van der Waals surface area contributed by atoms with Gasteiger partial charge in [0.2, 0.25) is 10.5 Å². The summed E-state index contributed by atoms with van der Waals surface area (Å²) in [6.07, 6.45) is 2.12. The van der Waals surface area contributed by atoms with Crippen LogP contribution in [0.25, 0.3) is 15.9 Å². The van der Waals surface area contributed by atoms with E-state index in [4.69, 9.17) is 0 Å². The predicted octanol–water partition coefficient (Wildman–Crippen LogP) is 2.29. The number of hydrogen-bond acceptors (Lipinski definition) is 1. The summed E-state index contributed by atoms with van der Waals surface area (Å²) in [7, 11) is 2.12. The van der Waals surface area contributed by atoms with Gasteiger partial charge >= 0.3 is 0 Å². The molecule has 14 heavy (non-hydrogen) atoms. The van der Waals surface area contributed by atoms with Crippen LogP contribution in [-0.2, 0) is 7.05 Å². The Morgan fingerprint density at radius 2 is 2.21 bits per heavy atom. The lowest BCUT2D eigenvalue weighted by Crippen LogP contribution is -2.28. The predicted molar refractivity (Wildman–Crippen MR) is 58.7 cm³/mol. The summed E-state index contributed by atoms with van der Waals surface area (Å²) in [6.45, 7) is 2.15. The molecular formula is C11H11N2S+. The second-order valence-electron chi connectivity index (χ2n) is 3.51. The first-order valence-corrected chi connectivity index (χ1v) is 5.44. The highest BCUT2D eigenvalue weighted by atomic mass is 32.1. The number of nitrogens with zero attached hydrogens (tertiary/aromatic N) is 2. The normalized spacial score (nSPS) is 11.6. The number of hydrogen-bond donors (Lipinski definition) is 0. The molecule has 0 spiro atoms. The van der Waals surface area contributed by atoms with Crippen LogP contribution in [0.2, 0.25) is 0 Å². The fourth-order valence-electron chi connectivity index (χ4n) is 1.80. The number of rotatable bonds is 0. The molecular weight excluding hydrogens is 192 g/mol. The second-order valence-corrected chi connectivity index (χ2v) is 4.69. The molecule has 0 aliphatic heterocycles. The van der Waals surface area contributed by atoms with Gasteiger partial charge in [-0.05, 0) is 23.5 Å². The van der Waals surface area contributed by atoms with Crippen molar-refractivity contribution < 1.29 is 4.57 Å². The standard InChI is InChI=1S/C11H11N2S/c1-8-12(2)10-7-9-5-3-4-6-13(9)11(10)14-8/h3-7H,1-2H3/q+1. The van der Waals surface area contributed by atoms with Crippen LogP contribution in [0.3, 0.4) is 0 Å². The molecule has 2 nitrogen and oxygen atoms in total. The molecule has 3 rings (SSSR count). The summed E-state index contributed by atoms with van der Waals surface area (Å²) in [5, 5.41) is 1.34. The van der Waals surface area contributed by atoms with E-state index in [1.807, 2.05) is 11.3 Å². The van der Waals surface area contributed by atoms with Crippen molar-refractivity contribution in [2.45, 2.75) is 6.92 Å². The van der Waals surface area contributed by atoms with E-state index in [1.165, 1.54) is 20.9 Å². The maximum Gasteiger partial charge on any atom is 0.242 e. The highest BCUT2D eigenvalue weighted by molar-refractivity contribution is 7.17. The Morgan fingerprint density at radius 3 is 3.07 bits per heavy atom. The van der Waals surface area contributed by atoms with E-state index in [1.54, 1.807) is 0 Å². The average molecular weight is 203 g/mol. The molecule has 0 fully saturated rings. The van der Waals surface area contributed by atoms with Gasteiger partial charge in [0, 0.05) is 19.2 Å². The number of thiazole rings is 1. The van der Waals surface area contributed by atoms with Gasteiger partial charge in [-0.25, -0.2) is 0 Å². The van der Waals surface area contributed by atoms with E-state index in [0.717, 1.165) is 0 Å². The van der Waals surface area contributed by atoms with Gasteiger partial charge in [-0.15, -0.1) is 0 Å². The highest BCUT2D eigenvalue weighted by Crippen LogP contribution is 2.23. The molecule has 0 atom stereocenters. The van der Waals surface area contributed by atoms with Crippen LogP contribution in [-0.4, -0.2) is 4.40 Å². The summed E-state index contributed by atoms with van der Waals surface area (Å²) >= 11 is 1.84. The van der Waals surface area contributed by atoms with Gasteiger partial charge < -0.3 is 4.40 Å². The number of fused-ring (bicyclic) bond motifs is 3. The molecule has 0 N–H and O–H groups in total. The van der Waals surface area contributed by atoms with Gasteiger partial charge in [-0.3, -0.25) is 0 Å². The fraction of sp³-hybridized carbons (Fsp3) is 0.182. The second kappa shape index (κ2) is 2.58. The maximum atomic E-state index is 2.24. The van der Waals surface area contributed by atoms with Gasteiger partial charge in [0.1, 0.15) is 7.05 Å². The Kier molecular flexibility index (Phi) is 1.47. The summed E-state index contributed by atoms with van der Waals surface area (Å²) in [6, 6.07) is 8.52. The van der Waals surface area contributed by atoms with E-state index in [-0.39, 0.29) is 0 Å². The zero-order valence-electron chi connectivity index (χ0n) is 8.19. The topological polar surface area (TPSA) is 8.29 Å². The van der Waals surface area contributed by atoms with E-state index < -0.39 is 0 Å². The Hall–Kier alpha value is -1.35. The minimum absolute atomic E-state index is 1.27. The zero-order valence-corrected chi connectivity index (χ0v) is 9.01. The van der Waals surface area contributed by atoms with Gasteiger partial charge in [0.05, 0.1) is 5.52 Å². The smallest absolute Gasteiger partial charge is 0.242 e. The van der Waals surface area contributed by atoms with Gasteiger partial charge in [0.25, 0.3) is 0 Å². The van der Waals surface area contributed by atoms with E-state index in [9.17, 15) is 0 Å². The van der Waals surface area contributed by atoms with Gasteiger partial charge in [0.15, 0.2) is 4.83 Å². The van der Waals surface area contributed by atoms with Crippen molar-refractivity contribution in [1.82, 2.24) is 4.40 Å². The largest absolute Gasteiger partial charge is 0.303 e. The van der Waals surface area contributed by atoms with E-state index >= 15 is 0 Å². The van der Waals surface area contributed by atoms with Gasteiger partial charge in [-0.2, -0.15) is 4.57 Å². The average Bonchev–Trinajstić information content (AvgIpc) is 2.67. The van der Waals surface area contributed by atoms with Crippen molar-refractivity contribution in [1.29, 1.82) is 0 Å². The van der Waals surface area contributed by atoms with Crippen molar-refractivity contribution in [3.8, 4) is 0 Å². The fourth-order valence-corrected chi connectivity index (χ4v) is 2.88. The van der Waals surface area contributed by atoms with Gasteiger partial charge in [-0.1, -0.05) is 6.07 Å². The molecule has 0 amide bonds. The third-order valence-corrected chi connectivity index (χ3v) is 3.86. The lowest BCUT2D eigenvalue weighted by molar-refractivity contribution is -0.646. The molecule has 0 bridgehead atoms. The molecule has 0 aliphatic carbocycles. The van der Waals surface area contributed by atoms with Crippen LogP contribution in [0.15, 0.2) is 30.5 Å². The lowest BCUT2D eigenvalue weighted by atomic mass is 10.4. The van der Waals surface area contributed by atoms with Crippen LogP contribution in [0.1, 0.15) is 5.01 Å². The maximum absolute atomic E-state index is 2.24. The molecule has 0 aromatic carbocycles. The molecule has 3 heteroatoms. The molecule has 0 unspecified atom stereocenters. The Morgan fingerprint density at radius 1 is 1.36 bits per heavy atom. The Balaban J connectivity index is 2.60. The van der Waals surface area contributed by atoms with Crippen LogP contribution in [0.5, 0.6) is 0 Å². The SMILES string of the molecule is Cc1sc2c(cc3ccccn32)[n+]1C. The molecule has 0 radical (unpaired) electrons. The van der Waals surface area contributed by atoms with Crippen LogP contribution >= 0.6 is 11.3 Å². The number of aryl methyl sites for hydroxylation is 2. The summed E-state index contributed by atoms with van der Waals surface area (Å²) < 4.78 is 4.49.